The largest absolute Gasteiger partial charge is 0.480 e. The first-order valence-corrected chi connectivity index (χ1v) is 15.5. The molecule has 44 heavy (non-hydrogen) atoms. The highest BCUT2D eigenvalue weighted by Gasteiger charge is 2.28. The smallest absolute Gasteiger partial charge is 0.408 e. The number of aliphatic hydroxyl groups is 1. The van der Waals surface area contributed by atoms with Gasteiger partial charge >= 0.3 is 12.1 Å². The highest BCUT2D eigenvalue weighted by Crippen LogP contribution is 2.40. The van der Waals surface area contributed by atoms with Crippen LogP contribution in [0.4, 0.5) is 4.79 Å². The summed E-state index contributed by atoms with van der Waals surface area (Å²) in [5, 5.41) is 26.0. The van der Waals surface area contributed by atoms with E-state index in [0.717, 1.165) is 50.5 Å². The zero-order valence-corrected chi connectivity index (χ0v) is 27.2. The van der Waals surface area contributed by atoms with Crippen LogP contribution in [0.3, 0.4) is 0 Å². The van der Waals surface area contributed by atoms with Crippen molar-refractivity contribution in [3.8, 4) is 21.8 Å². The molecule has 0 fully saturated rings. The van der Waals surface area contributed by atoms with E-state index >= 15 is 0 Å². The number of amides is 1. The first kappa shape index (κ1) is 33.1. The van der Waals surface area contributed by atoms with Gasteiger partial charge in [-0.15, -0.1) is 11.3 Å². The van der Waals surface area contributed by atoms with E-state index in [1.165, 1.54) is 11.3 Å². The molecule has 0 saturated carbocycles. The Balaban J connectivity index is 1.77. The van der Waals surface area contributed by atoms with E-state index in [1.807, 2.05) is 31.4 Å². The van der Waals surface area contributed by atoms with Gasteiger partial charge in [0.15, 0.2) is 0 Å². The molecule has 4 aromatic rings. The van der Waals surface area contributed by atoms with Crippen LogP contribution in [-0.4, -0.2) is 62.2 Å². The van der Waals surface area contributed by atoms with Crippen molar-refractivity contribution in [2.75, 3.05) is 13.7 Å². The third kappa shape index (κ3) is 7.64. The van der Waals surface area contributed by atoms with Crippen LogP contribution in [0.5, 0.6) is 0 Å². The fourth-order valence-electron chi connectivity index (χ4n) is 5.20. The van der Waals surface area contributed by atoms with Crippen LogP contribution in [0.1, 0.15) is 58.5 Å². The molecule has 0 radical (unpaired) electrons. The Morgan fingerprint density at radius 1 is 1.16 bits per heavy atom. The molecule has 0 bridgehead atoms. The Bertz CT molecular complexity index is 1630. The normalized spacial score (nSPS) is 12.8. The number of nitrogens with one attached hydrogen (secondary N) is 1. The van der Waals surface area contributed by atoms with E-state index in [2.05, 4.69) is 40.0 Å². The van der Waals surface area contributed by atoms with Gasteiger partial charge in [-0.2, -0.15) is 0 Å². The lowest BCUT2D eigenvalue weighted by molar-refractivity contribution is -0.139. The second-order valence-corrected chi connectivity index (χ2v) is 13.5. The number of hydrogen-bond acceptors (Lipinski definition) is 8. The van der Waals surface area contributed by atoms with E-state index in [9.17, 15) is 19.8 Å². The van der Waals surface area contributed by atoms with Crippen LogP contribution in [-0.2, 0) is 40.3 Å². The van der Waals surface area contributed by atoms with Crippen molar-refractivity contribution in [2.45, 2.75) is 79.2 Å². The third-order valence-electron chi connectivity index (χ3n) is 7.20. The summed E-state index contributed by atoms with van der Waals surface area (Å²) in [7, 11) is 1.66. The molecule has 1 amide bonds. The van der Waals surface area contributed by atoms with Crippen molar-refractivity contribution in [3.05, 3.63) is 58.9 Å². The Hall–Kier alpha value is -3.80. The second kappa shape index (κ2) is 13.5. The number of methoxy groups -OCH3 is 1. The number of aliphatic carboxylic acids is 1. The van der Waals surface area contributed by atoms with Gasteiger partial charge in [-0.1, -0.05) is 13.8 Å². The number of thiazole rings is 1. The number of alkyl carbamates (subject to hydrolysis) is 1. The fourth-order valence-corrected chi connectivity index (χ4v) is 6.03. The number of fused-ring (bicyclic) bond motifs is 1. The summed E-state index contributed by atoms with van der Waals surface area (Å²) in [4.78, 5) is 33.5. The molecule has 3 heterocycles. The van der Waals surface area contributed by atoms with Crippen molar-refractivity contribution in [2.24, 2.45) is 5.41 Å². The minimum absolute atomic E-state index is 0.0168. The van der Waals surface area contributed by atoms with Gasteiger partial charge < -0.3 is 29.6 Å². The van der Waals surface area contributed by atoms with E-state index in [-0.39, 0.29) is 18.4 Å². The predicted octanol–water partition coefficient (Wildman–Crippen LogP) is 6.07. The molecule has 3 aromatic heterocycles. The third-order valence-corrected chi connectivity index (χ3v) is 8.14. The van der Waals surface area contributed by atoms with Crippen molar-refractivity contribution in [1.82, 2.24) is 19.9 Å². The van der Waals surface area contributed by atoms with Crippen LogP contribution in [0, 0.1) is 5.41 Å². The van der Waals surface area contributed by atoms with Gasteiger partial charge in [0.2, 0.25) is 0 Å². The maximum absolute atomic E-state index is 12.2. The lowest BCUT2D eigenvalue weighted by atomic mass is 9.84. The molecule has 10 nitrogen and oxygen atoms in total. The molecule has 1 aromatic carbocycles. The minimum atomic E-state index is -1.18. The summed E-state index contributed by atoms with van der Waals surface area (Å²) in [5.74, 6) is -1.17. The molecule has 0 aliphatic heterocycles. The SMILES string of the molecule is CCn1c(-c2cccnc2COC)c(CC(C)(C)CO)c2cc(-c3nc(CC(NC(=O)OC(C)(C)C)C(=O)O)cs3)ccc21. The summed E-state index contributed by atoms with van der Waals surface area (Å²) < 4.78 is 13.0. The van der Waals surface area contributed by atoms with Crippen LogP contribution < -0.4 is 5.32 Å². The number of aliphatic hydroxyl groups excluding tert-OH is 1. The number of carbonyl (C=O) groups is 2. The molecule has 11 heteroatoms. The fraction of sp³-hybridized carbons (Fsp3) is 0.455. The molecular formula is C33H42N4O6S. The predicted molar refractivity (Wildman–Crippen MR) is 172 cm³/mol. The number of nitrogens with zero attached hydrogens (tertiary/aromatic N) is 3. The monoisotopic (exact) mass is 622 g/mol. The molecule has 0 aliphatic carbocycles. The molecule has 3 N–H and O–H groups in total. The van der Waals surface area contributed by atoms with E-state index in [0.29, 0.717) is 18.7 Å². The molecule has 0 aliphatic rings. The minimum Gasteiger partial charge on any atom is -0.480 e. The number of pyridine rings is 1. The van der Waals surface area contributed by atoms with Crippen molar-refractivity contribution >= 4 is 34.3 Å². The van der Waals surface area contributed by atoms with Gasteiger partial charge in [0.25, 0.3) is 0 Å². The molecule has 4 rings (SSSR count). The van der Waals surface area contributed by atoms with Gasteiger partial charge in [-0.3, -0.25) is 4.98 Å². The van der Waals surface area contributed by atoms with Gasteiger partial charge in [-0.05, 0) is 75.4 Å². The lowest BCUT2D eigenvalue weighted by Gasteiger charge is -2.23. The Labute approximate surface area is 262 Å². The van der Waals surface area contributed by atoms with E-state index in [1.54, 1.807) is 34.1 Å². The molecular weight excluding hydrogens is 580 g/mol. The highest BCUT2D eigenvalue weighted by molar-refractivity contribution is 7.13. The maximum Gasteiger partial charge on any atom is 0.408 e. The number of aryl methyl sites for hydroxylation is 1. The summed E-state index contributed by atoms with van der Waals surface area (Å²) in [6.45, 7) is 12.5. The number of carboxylic acids is 1. The zero-order valence-electron chi connectivity index (χ0n) is 26.4. The molecule has 236 valence electrons. The molecule has 1 unspecified atom stereocenters. The van der Waals surface area contributed by atoms with Gasteiger partial charge in [-0.25, -0.2) is 14.6 Å². The molecule has 1 atom stereocenters. The average molecular weight is 623 g/mol. The first-order valence-electron chi connectivity index (χ1n) is 14.6. The topological polar surface area (TPSA) is 136 Å². The van der Waals surface area contributed by atoms with Crippen LogP contribution >= 0.6 is 11.3 Å². The van der Waals surface area contributed by atoms with Crippen molar-refractivity contribution in [3.63, 3.8) is 0 Å². The Morgan fingerprint density at radius 2 is 1.91 bits per heavy atom. The van der Waals surface area contributed by atoms with Gasteiger partial charge in [0.1, 0.15) is 16.7 Å². The quantitative estimate of drug-likeness (QED) is 0.173. The highest BCUT2D eigenvalue weighted by atomic mass is 32.1. The zero-order chi connectivity index (χ0) is 32.2. The summed E-state index contributed by atoms with van der Waals surface area (Å²) in [6, 6.07) is 9.04. The average Bonchev–Trinajstić information content (AvgIpc) is 3.54. The van der Waals surface area contributed by atoms with Crippen molar-refractivity contribution < 1.29 is 29.3 Å². The summed E-state index contributed by atoms with van der Waals surface area (Å²) in [5.41, 5.74) is 5.39. The number of aromatic nitrogens is 3. The number of rotatable bonds is 12. The summed E-state index contributed by atoms with van der Waals surface area (Å²) in [6.07, 6.45) is 1.63. The van der Waals surface area contributed by atoms with Crippen LogP contribution in [0.2, 0.25) is 0 Å². The molecule has 0 saturated heterocycles. The Morgan fingerprint density at radius 3 is 2.55 bits per heavy atom. The first-order chi connectivity index (χ1) is 20.8. The number of carbonyl (C=O) groups excluding carboxylic acids is 1. The Kier molecular flexibility index (Phi) is 10.1. The number of hydrogen-bond donors (Lipinski definition) is 3. The van der Waals surface area contributed by atoms with Crippen LogP contribution in [0.25, 0.3) is 32.7 Å². The molecule has 0 spiro atoms. The number of ether oxygens (including phenoxy) is 2. The van der Waals surface area contributed by atoms with Gasteiger partial charge in [0, 0.05) is 60.3 Å². The summed E-state index contributed by atoms with van der Waals surface area (Å²) >= 11 is 1.42. The lowest BCUT2D eigenvalue weighted by Crippen LogP contribution is -2.44. The van der Waals surface area contributed by atoms with Gasteiger partial charge in [0.05, 0.1) is 23.7 Å². The van der Waals surface area contributed by atoms with E-state index < -0.39 is 23.7 Å². The van der Waals surface area contributed by atoms with Crippen LogP contribution in [0.15, 0.2) is 41.9 Å². The maximum atomic E-state index is 12.2. The van der Waals surface area contributed by atoms with Crippen molar-refractivity contribution in [1.29, 1.82) is 0 Å². The number of benzene rings is 1. The number of carboxylic acid groups (broad SMARTS) is 1. The second-order valence-electron chi connectivity index (χ2n) is 12.6. The standard InChI is InChI=1S/C33H42N4O6S/c1-8-37-27-12-11-20(29-35-21(18-44-29)15-25(30(39)40)36-31(41)43-32(2,3)4)14-23(27)24(16-33(5,6)19-38)28(37)22-10-9-13-34-26(22)17-42-7/h9-14,18,25,38H,8,15-17,19H2,1-7H3,(H,36,41)(H,39,40). The van der Waals surface area contributed by atoms with E-state index in [4.69, 9.17) is 14.5 Å².